The molecule has 0 atom stereocenters. The van der Waals surface area contributed by atoms with Gasteiger partial charge in [-0.2, -0.15) is 5.20 Å². The monoisotopic (exact) mass is 560 g/mol. The minimum Gasteiger partial charge on any atom is -1.00 e. The Morgan fingerprint density at radius 2 is 1.12 bits per heavy atom. The van der Waals surface area contributed by atoms with Crippen LogP contribution in [0.2, 0.25) is 0 Å². The van der Waals surface area contributed by atoms with Crippen molar-refractivity contribution in [3.8, 4) is 0 Å². The maximum atomic E-state index is 3.93. The van der Waals surface area contributed by atoms with Gasteiger partial charge in [0.2, 0.25) is 0 Å². The van der Waals surface area contributed by atoms with E-state index in [1.807, 2.05) is 0 Å². The third-order valence-corrected chi connectivity index (χ3v) is 11.0. The molecular formula is C29H31Cl3SiTi. The van der Waals surface area contributed by atoms with Gasteiger partial charge in [-0.15, -0.1) is 0 Å². The van der Waals surface area contributed by atoms with Crippen LogP contribution in [0.4, 0.5) is 0 Å². The fourth-order valence-corrected chi connectivity index (χ4v) is 10.0. The van der Waals surface area contributed by atoms with E-state index in [9.17, 15) is 0 Å². The van der Waals surface area contributed by atoms with Crippen molar-refractivity contribution in [2.24, 2.45) is 0 Å². The molecule has 4 rings (SSSR count). The van der Waals surface area contributed by atoms with E-state index in [0.717, 1.165) is 12.8 Å². The first kappa shape index (κ1) is 32.9. The zero-order valence-corrected chi connectivity index (χ0v) is 25.1. The molecule has 0 radical (unpaired) electrons. The summed E-state index contributed by atoms with van der Waals surface area (Å²) >= 11 is 0. The van der Waals surface area contributed by atoms with Crippen LogP contribution >= 0.6 is 0 Å². The topological polar surface area (TPSA) is 0 Å². The molecule has 0 heterocycles. The maximum Gasteiger partial charge on any atom is 4.00 e. The first-order chi connectivity index (χ1) is 14.5. The third kappa shape index (κ3) is 6.58. The van der Waals surface area contributed by atoms with Crippen LogP contribution in [0.1, 0.15) is 42.9 Å². The number of hydrogen-bond acceptors (Lipinski definition) is 0. The second-order valence-electron chi connectivity index (χ2n) is 8.65. The van der Waals surface area contributed by atoms with Gasteiger partial charge in [-0.1, -0.05) is 116 Å². The van der Waals surface area contributed by atoms with Crippen molar-refractivity contribution in [2.75, 3.05) is 0 Å². The van der Waals surface area contributed by atoms with Gasteiger partial charge in [0.15, 0.2) is 8.07 Å². The van der Waals surface area contributed by atoms with Crippen LogP contribution in [-0.2, 0) is 21.7 Å². The van der Waals surface area contributed by atoms with Gasteiger partial charge in [-0.3, -0.25) is 6.08 Å². The molecule has 3 aromatic rings. The summed E-state index contributed by atoms with van der Waals surface area (Å²) in [6, 6.07) is 27.7. The quantitative estimate of drug-likeness (QED) is 0.167. The molecule has 3 aromatic carbocycles. The van der Waals surface area contributed by atoms with E-state index in [0.29, 0.717) is 0 Å². The second-order valence-corrected chi connectivity index (χ2v) is 12.5. The summed E-state index contributed by atoms with van der Waals surface area (Å²) in [6.07, 6.45) is 9.64. The molecule has 0 spiro atoms. The number of rotatable bonds is 6. The molecule has 176 valence electrons. The molecule has 0 fully saturated rings. The van der Waals surface area contributed by atoms with Gasteiger partial charge in [0.05, 0.1) is 0 Å². The third-order valence-electron chi connectivity index (χ3n) is 6.19. The van der Waals surface area contributed by atoms with Crippen molar-refractivity contribution in [1.29, 1.82) is 0 Å². The molecule has 5 heteroatoms. The summed E-state index contributed by atoms with van der Waals surface area (Å²) < 4.78 is 0. The number of benzene rings is 3. The number of aryl methyl sites for hydroxylation is 3. The summed E-state index contributed by atoms with van der Waals surface area (Å²) in [7, 11) is -2.40. The van der Waals surface area contributed by atoms with Crippen molar-refractivity contribution in [1.82, 2.24) is 0 Å². The molecule has 0 bridgehead atoms. The van der Waals surface area contributed by atoms with Crippen LogP contribution in [0.3, 0.4) is 0 Å². The van der Waals surface area contributed by atoms with Crippen LogP contribution < -0.4 is 52.8 Å². The minimum absolute atomic E-state index is 0. The van der Waals surface area contributed by atoms with E-state index in [1.54, 1.807) is 0 Å². The Morgan fingerprint density at radius 3 is 1.47 bits per heavy atom. The Bertz CT molecular complexity index is 1030. The van der Waals surface area contributed by atoms with E-state index in [4.69, 9.17) is 0 Å². The van der Waals surface area contributed by atoms with Crippen molar-refractivity contribution < 1.29 is 58.9 Å². The Labute approximate surface area is 240 Å². The smallest absolute Gasteiger partial charge is 1.00 e. The van der Waals surface area contributed by atoms with Crippen LogP contribution in [0, 0.1) is 26.8 Å². The molecule has 1 aliphatic carbocycles. The molecule has 0 saturated heterocycles. The first-order valence-electron chi connectivity index (χ1n) is 11.1. The summed E-state index contributed by atoms with van der Waals surface area (Å²) in [5.74, 6) is 0. The van der Waals surface area contributed by atoms with Gasteiger partial charge in [-0.25, -0.2) is 11.6 Å². The zero-order valence-electron chi connectivity index (χ0n) is 20.3. The van der Waals surface area contributed by atoms with Crippen molar-refractivity contribution in [3.05, 3.63) is 112 Å². The van der Waals surface area contributed by atoms with Gasteiger partial charge < -0.3 is 37.2 Å². The van der Waals surface area contributed by atoms with Crippen LogP contribution in [0.5, 0.6) is 0 Å². The summed E-state index contributed by atoms with van der Waals surface area (Å²) in [6.45, 7) is 8.89. The van der Waals surface area contributed by atoms with Crippen LogP contribution in [0.15, 0.2) is 89.6 Å². The Kier molecular flexibility index (Phi) is 14.0. The van der Waals surface area contributed by atoms with Gasteiger partial charge in [0.25, 0.3) is 0 Å². The Morgan fingerprint density at radius 1 is 0.706 bits per heavy atom. The average molecular weight is 562 g/mol. The summed E-state index contributed by atoms with van der Waals surface area (Å²) in [5, 5.41) is 5.89. The molecule has 34 heavy (non-hydrogen) atoms. The largest absolute Gasteiger partial charge is 4.00 e. The summed E-state index contributed by atoms with van der Waals surface area (Å²) in [5.41, 5.74) is 5.36. The van der Waals surface area contributed by atoms with Gasteiger partial charge >= 0.3 is 21.7 Å². The Balaban J connectivity index is 0.00000272. The van der Waals surface area contributed by atoms with Crippen molar-refractivity contribution in [2.45, 2.75) is 47.0 Å². The van der Waals surface area contributed by atoms with E-state index >= 15 is 0 Å². The van der Waals surface area contributed by atoms with Gasteiger partial charge in [-0.05, 0) is 36.3 Å². The van der Waals surface area contributed by atoms with E-state index < -0.39 is 8.07 Å². The zero-order chi connectivity index (χ0) is 21.1. The van der Waals surface area contributed by atoms with E-state index in [2.05, 4.69) is 113 Å². The standard InChI is InChI=1S/C29H31Si.3ClH.Ti/c1-5-9-25-16-17-29(21-25)30(26-13-6-10-22(2)18-26,27-14-7-11-23(3)19-27)28-15-8-12-24(4)20-28;;;;/h6-8,10-16,18-20H,5,9,17H2,1-4H3;3*1H;/q-1;;;;+4/p-3. The molecule has 0 saturated carbocycles. The van der Waals surface area contributed by atoms with Gasteiger partial charge in [0.1, 0.15) is 0 Å². The summed E-state index contributed by atoms with van der Waals surface area (Å²) in [4.78, 5) is 0. The van der Waals surface area contributed by atoms with Gasteiger partial charge in [0, 0.05) is 0 Å². The predicted octanol–water partition coefficient (Wildman–Crippen LogP) is -3.51. The van der Waals surface area contributed by atoms with Crippen molar-refractivity contribution in [3.63, 3.8) is 0 Å². The molecule has 1 aliphatic rings. The van der Waals surface area contributed by atoms with E-state index in [-0.39, 0.29) is 58.9 Å². The molecule has 0 nitrogen and oxygen atoms in total. The van der Waals surface area contributed by atoms with Crippen molar-refractivity contribution >= 4 is 23.6 Å². The number of allylic oxidation sites excluding steroid dienone is 4. The molecule has 0 amide bonds. The molecule has 0 unspecified atom stereocenters. The second kappa shape index (κ2) is 14.5. The first-order valence-corrected chi connectivity index (χ1v) is 13.1. The molecular weight excluding hydrogens is 531 g/mol. The number of halogens is 3. The fourth-order valence-electron chi connectivity index (χ4n) is 4.86. The van der Waals surface area contributed by atoms with Crippen LogP contribution in [0.25, 0.3) is 0 Å². The average Bonchev–Trinajstić information content (AvgIpc) is 3.18. The SMILES string of the molecule is CCCC1=CCC([Si](c2cccc(C)c2)(c2cccc(C)c2)c2cccc(C)c2)=[C-]1.[Cl-].[Cl-].[Cl-].[Ti+4]. The molecule has 0 N–H and O–H groups in total. The molecule has 0 aliphatic heterocycles. The fraction of sp³-hybridized carbons (Fsp3) is 0.241. The Hall–Kier alpha value is -1.06. The van der Waals surface area contributed by atoms with Crippen LogP contribution in [-0.4, -0.2) is 8.07 Å². The predicted molar refractivity (Wildman–Crippen MR) is 133 cm³/mol. The number of hydrogen-bond donors (Lipinski definition) is 0. The maximum absolute atomic E-state index is 3.93. The molecule has 0 aromatic heterocycles. The van der Waals surface area contributed by atoms with E-state index in [1.165, 1.54) is 49.4 Å². The minimum atomic E-state index is -2.40. The normalized spacial score (nSPS) is 12.2.